The van der Waals surface area contributed by atoms with Gasteiger partial charge < -0.3 is 15.8 Å². The Hall–Kier alpha value is -1.69. The number of rotatable bonds is 7. The second-order valence-electron chi connectivity index (χ2n) is 3.90. The highest BCUT2D eigenvalue weighted by molar-refractivity contribution is 5.98. The van der Waals surface area contributed by atoms with Gasteiger partial charge in [0.15, 0.2) is 0 Å². The molecule has 6 heteroatoms. The number of nitrogens with two attached hydrogens (primary N) is 1. The minimum atomic E-state index is -0.575. The number of pyridine rings is 1. The van der Waals surface area contributed by atoms with Crippen molar-refractivity contribution in [3.63, 3.8) is 0 Å². The summed E-state index contributed by atoms with van der Waals surface area (Å²) in [5.41, 5.74) is 5.58. The van der Waals surface area contributed by atoms with Gasteiger partial charge in [-0.3, -0.25) is 4.79 Å². The fourth-order valence-corrected chi connectivity index (χ4v) is 1.48. The van der Waals surface area contributed by atoms with Gasteiger partial charge in [-0.05, 0) is 25.3 Å². The number of nitrogens with zero attached hydrogens (tertiary/aromatic N) is 1. The van der Waals surface area contributed by atoms with E-state index in [0.29, 0.717) is 13.2 Å². The first-order chi connectivity index (χ1) is 8.65. The standard InChI is InChI=1S/C12H18FN3O2/c1-18-6-4-2-3-5-15-12(17)10-7-9(13)8-16-11(10)14/h7-8H,2-6H2,1H3,(H2,14,16)(H,15,17). The number of carbonyl (C=O) groups is 1. The summed E-state index contributed by atoms with van der Waals surface area (Å²) in [5, 5.41) is 2.68. The van der Waals surface area contributed by atoms with Gasteiger partial charge in [0.2, 0.25) is 0 Å². The average Bonchev–Trinajstić information content (AvgIpc) is 2.36. The topological polar surface area (TPSA) is 77.2 Å². The van der Waals surface area contributed by atoms with Gasteiger partial charge in [0, 0.05) is 20.3 Å². The number of hydrogen-bond donors (Lipinski definition) is 2. The van der Waals surface area contributed by atoms with Crippen LogP contribution in [0.1, 0.15) is 29.6 Å². The molecule has 0 bridgehead atoms. The van der Waals surface area contributed by atoms with Crippen molar-refractivity contribution in [2.75, 3.05) is 26.0 Å². The Labute approximate surface area is 106 Å². The molecular weight excluding hydrogens is 237 g/mol. The van der Waals surface area contributed by atoms with E-state index >= 15 is 0 Å². The summed E-state index contributed by atoms with van der Waals surface area (Å²) in [7, 11) is 1.65. The Morgan fingerprint density at radius 2 is 2.28 bits per heavy atom. The zero-order valence-corrected chi connectivity index (χ0v) is 10.4. The lowest BCUT2D eigenvalue weighted by Crippen LogP contribution is -2.25. The number of unbranched alkanes of at least 4 members (excludes halogenated alkanes) is 2. The van der Waals surface area contributed by atoms with Crippen LogP contribution >= 0.6 is 0 Å². The van der Waals surface area contributed by atoms with E-state index in [0.717, 1.165) is 31.5 Å². The summed E-state index contributed by atoms with van der Waals surface area (Å²) in [6.45, 7) is 1.24. The third kappa shape index (κ3) is 4.67. The number of anilines is 1. The number of carbonyl (C=O) groups excluding carboxylic acids is 1. The molecule has 3 N–H and O–H groups in total. The van der Waals surface area contributed by atoms with Crippen LogP contribution in [0, 0.1) is 5.82 Å². The predicted octanol–water partition coefficient (Wildman–Crippen LogP) is 1.35. The number of amides is 1. The highest BCUT2D eigenvalue weighted by Gasteiger charge is 2.11. The number of aromatic nitrogens is 1. The lowest BCUT2D eigenvalue weighted by Gasteiger charge is -2.06. The fraction of sp³-hybridized carbons (Fsp3) is 0.500. The van der Waals surface area contributed by atoms with Gasteiger partial charge in [-0.1, -0.05) is 0 Å². The number of nitrogen functional groups attached to an aromatic ring is 1. The molecular formula is C12H18FN3O2. The molecule has 0 aromatic carbocycles. The molecule has 1 heterocycles. The highest BCUT2D eigenvalue weighted by Crippen LogP contribution is 2.09. The van der Waals surface area contributed by atoms with E-state index in [1.807, 2.05) is 0 Å². The summed E-state index contributed by atoms with van der Waals surface area (Å²) >= 11 is 0. The summed E-state index contributed by atoms with van der Waals surface area (Å²) in [6, 6.07) is 1.09. The molecule has 0 atom stereocenters. The molecule has 0 aliphatic rings. The first-order valence-electron chi connectivity index (χ1n) is 5.83. The van der Waals surface area contributed by atoms with E-state index < -0.39 is 11.7 Å². The SMILES string of the molecule is COCCCCCNC(=O)c1cc(F)cnc1N. The third-order valence-corrected chi connectivity index (χ3v) is 2.44. The normalized spacial score (nSPS) is 10.3. The molecule has 0 saturated heterocycles. The molecule has 0 spiro atoms. The minimum absolute atomic E-state index is 0.0354. The van der Waals surface area contributed by atoms with E-state index in [-0.39, 0.29) is 11.4 Å². The summed E-state index contributed by atoms with van der Waals surface area (Å²) < 4.78 is 17.8. The first kappa shape index (κ1) is 14.4. The van der Waals surface area contributed by atoms with Crippen LogP contribution in [-0.4, -0.2) is 31.2 Å². The molecule has 1 aromatic rings. The van der Waals surface area contributed by atoms with E-state index in [1.54, 1.807) is 7.11 Å². The van der Waals surface area contributed by atoms with Crippen LogP contribution in [0.2, 0.25) is 0 Å². The lowest BCUT2D eigenvalue weighted by atomic mass is 10.2. The smallest absolute Gasteiger partial charge is 0.255 e. The van der Waals surface area contributed by atoms with Gasteiger partial charge in [-0.15, -0.1) is 0 Å². The summed E-state index contributed by atoms with van der Waals surface area (Å²) in [5.74, 6) is -0.936. The van der Waals surface area contributed by atoms with Crippen molar-refractivity contribution in [1.29, 1.82) is 0 Å². The maximum absolute atomic E-state index is 12.9. The molecule has 0 aliphatic heterocycles. The Morgan fingerprint density at radius 1 is 1.50 bits per heavy atom. The van der Waals surface area contributed by atoms with Gasteiger partial charge in [0.25, 0.3) is 5.91 Å². The van der Waals surface area contributed by atoms with Crippen LogP contribution in [0.3, 0.4) is 0 Å². The van der Waals surface area contributed by atoms with Crippen LogP contribution in [0.5, 0.6) is 0 Å². The van der Waals surface area contributed by atoms with Crippen LogP contribution in [0.4, 0.5) is 10.2 Å². The lowest BCUT2D eigenvalue weighted by molar-refractivity contribution is 0.0952. The number of ether oxygens (including phenoxy) is 1. The van der Waals surface area contributed by atoms with Gasteiger partial charge in [-0.25, -0.2) is 9.37 Å². The van der Waals surface area contributed by atoms with E-state index in [2.05, 4.69) is 10.3 Å². The fourth-order valence-electron chi connectivity index (χ4n) is 1.48. The van der Waals surface area contributed by atoms with Gasteiger partial charge >= 0.3 is 0 Å². The van der Waals surface area contributed by atoms with Crippen molar-refractivity contribution < 1.29 is 13.9 Å². The van der Waals surface area contributed by atoms with Crippen LogP contribution < -0.4 is 11.1 Å². The minimum Gasteiger partial charge on any atom is -0.385 e. The van der Waals surface area contributed by atoms with Crippen molar-refractivity contribution in [1.82, 2.24) is 10.3 Å². The summed E-state index contributed by atoms with van der Waals surface area (Å²) in [4.78, 5) is 15.3. The summed E-state index contributed by atoms with van der Waals surface area (Å²) in [6.07, 6.45) is 3.75. The van der Waals surface area contributed by atoms with Crippen molar-refractivity contribution in [2.45, 2.75) is 19.3 Å². The second-order valence-corrected chi connectivity index (χ2v) is 3.90. The maximum Gasteiger partial charge on any atom is 0.255 e. The molecule has 0 aliphatic carbocycles. The molecule has 1 amide bonds. The molecule has 100 valence electrons. The molecule has 0 radical (unpaired) electrons. The van der Waals surface area contributed by atoms with Crippen LogP contribution in [0.15, 0.2) is 12.3 Å². The van der Waals surface area contributed by atoms with Gasteiger partial charge in [0.1, 0.15) is 11.6 Å². The highest BCUT2D eigenvalue weighted by atomic mass is 19.1. The van der Waals surface area contributed by atoms with Crippen LogP contribution in [0.25, 0.3) is 0 Å². The van der Waals surface area contributed by atoms with Crippen molar-refractivity contribution in [2.24, 2.45) is 0 Å². The molecule has 1 aromatic heterocycles. The Kier molecular flexibility index (Phi) is 6.07. The molecule has 1 rings (SSSR count). The Balaban J connectivity index is 2.34. The van der Waals surface area contributed by atoms with E-state index in [9.17, 15) is 9.18 Å². The molecule has 0 unspecified atom stereocenters. The van der Waals surface area contributed by atoms with Crippen molar-refractivity contribution in [3.8, 4) is 0 Å². The molecule has 5 nitrogen and oxygen atoms in total. The Bertz CT molecular complexity index is 399. The van der Waals surface area contributed by atoms with Crippen molar-refractivity contribution in [3.05, 3.63) is 23.6 Å². The average molecular weight is 255 g/mol. The first-order valence-corrected chi connectivity index (χ1v) is 5.83. The predicted molar refractivity (Wildman–Crippen MR) is 66.7 cm³/mol. The number of nitrogens with one attached hydrogen (secondary N) is 1. The second kappa shape index (κ2) is 7.60. The largest absolute Gasteiger partial charge is 0.385 e. The maximum atomic E-state index is 12.9. The van der Waals surface area contributed by atoms with E-state index in [1.165, 1.54) is 0 Å². The Morgan fingerprint density at radius 3 is 3.00 bits per heavy atom. The molecule has 0 saturated carbocycles. The zero-order valence-electron chi connectivity index (χ0n) is 10.4. The number of hydrogen-bond acceptors (Lipinski definition) is 4. The quantitative estimate of drug-likeness (QED) is 0.721. The van der Waals surface area contributed by atoms with Crippen LogP contribution in [-0.2, 0) is 4.74 Å². The monoisotopic (exact) mass is 255 g/mol. The van der Waals surface area contributed by atoms with E-state index in [4.69, 9.17) is 10.5 Å². The molecule has 0 fully saturated rings. The zero-order chi connectivity index (χ0) is 13.4. The van der Waals surface area contributed by atoms with Crippen molar-refractivity contribution >= 4 is 11.7 Å². The van der Waals surface area contributed by atoms with Gasteiger partial charge in [0.05, 0.1) is 11.8 Å². The number of halogens is 1. The molecule has 18 heavy (non-hydrogen) atoms. The number of methoxy groups -OCH3 is 1. The van der Waals surface area contributed by atoms with Gasteiger partial charge in [-0.2, -0.15) is 0 Å². The third-order valence-electron chi connectivity index (χ3n) is 2.44.